The van der Waals surface area contributed by atoms with Gasteiger partial charge in [0.05, 0.1) is 29.9 Å². The predicted octanol–water partition coefficient (Wildman–Crippen LogP) is 4.16. The topological polar surface area (TPSA) is 69.5 Å². The van der Waals surface area contributed by atoms with Gasteiger partial charge in [0.2, 0.25) is 0 Å². The van der Waals surface area contributed by atoms with Crippen LogP contribution in [0.2, 0.25) is 0 Å². The van der Waals surface area contributed by atoms with E-state index in [-0.39, 0.29) is 18.9 Å². The molecular formula is C26H31F3N4O2S. The molecule has 1 aromatic heterocycles. The summed E-state index contributed by atoms with van der Waals surface area (Å²) in [7, 11) is 1.98. The molecule has 3 N–H and O–H groups in total. The Morgan fingerprint density at radius 2 is 1.97 bits per heavy atom. The lowest BCUT2D eigenvalue weighted by atomic mass is 10.00. The van der Waals surface area contributed by atoms with Crippen LogP contribution in [0.1, 0.15) is 28.4 Å². The first-order valence-electron chi connectivity index (χ1n) is 12.0. The number of amides is 1. The normalized spacial score (nSPS) is 15.6. The molecular weight excluding hydrogens is 489 g/mol. The van der Waals surface area contributed by atoms with Crippen molar-refractivity contribution in [1.82, 2.24) is 15.2 Å². The number of carbonyl (C=O) groups excluding carboxylic acids is 1. The minimum atomic E-state index is -4.38. The summed E-state index contributed by atoms with van der Waals surface area (Å²) in [6, 6.07) is 12.2. The van der Waals surface area contributed by atoms with E-state index in [1.165, 1.54) is 5.56 Å². The number of alkyl halides is 3. The Bertz CT molecular complexity index is 1200. The maximum atomic E-state index is 13.5. The standard InChI is InChI=1S/C26H31F3N4O2S/c1-3-33-15-18-9-10-36-32(2)21-12-19(13-22(33)24(18)21)25(35)31-20(11-17-7-5-4-6-8-17)23(34)14-30-16-26(27,28)29/h4-8,12-13,15,20,23,30,34H,3,9-11,14,16H2,1-2H3,(H,31,35)/t20-,23+/m0/s1. The van der Waals surface area contributed by atoms with Gasteiger partial charge in [0.1, 0.15) is 0 Å². The monoisotopic (exact) mass is 520 g/mol. The zero-order chi connectivity index (χ0) is 25.9. The molecule has 2 heterocycles. The fourth-order valence-electron chi connectivity index (χ4n) is 4.59. The summed E-state index contributed by atoms with van der Waals surface area (Å²) in [6.45, 7) is 1.30. The van der Waals surface area contributed by atoms with Crippen molar-refractivity contribution in [2.75, 3.05) is 30.2 Å². The summed E-state index contributed by atoms with van der Waals surface area (Å²) >= 11 is 1.69. The average Bonchev–Trinajstić information content (AvgIpc) is 3.11. The number of carbonyl (C=O) groups is 1. The second-order valence-corrected chi connectivity index (χ2v) is 10.2. The van der Waals surface area contributed by atoms with E-state index in [0.717, 1.165) is 40.9 Å². The maximum absolute atomic E-state index is 13.5. The van der Waals surface area contributed by atoms with Crippen molar-refractivity contribution >= 4 is 34.4 Å². The number of rotatable bonds is 9. The van der Waals surface area contributed by atoms with Gasteiger partial charge in [-0.15, -0.1) is 0 Å². The molecule has 0 saturated heterocycles. The van der Waals surface area contributed by atoms with Gasteiger partial charge in [-0.05, 0) is 55.0 Å². The first-order valence-corrected chi connectivity index (χ1v) is 12.9. The molecule has 0 radical (unpaired) electrons. The van der Waals surface area contributed by atoms with Crippen LogP contribution in [0.4, 0.5) is 18.9 Å². The zero-order valence-corrected chi connectivity index (χ0v) is 21.1. The van der Waals surface area contributed by atoms with E-state index in [0.29, 0.717) is 5.56 Å². The van der Waals surface area contributed by atoms with Gasteiger partial charge in [-0.3, -0.25) is 4.79 Å². The Morgan fingerprint density at radius 3 is 2.67 bits per heavy atom. The number of aliphatic hydroxyl groups is 1. The smallest absolute Gasteiger partial charge is 0.390 e. The lowest BCUT2D eigenvalue weighted by molar-refractivity contribution is -0.125. The summed E-state index contributed by atoms with van der Waals surface area (Å²) in [6.07, 6.45) is -2.24. The van der Waals surface area contributed by atoms with Crippen molar-refractivity contribution in [3.63, 3.8) is 0 Å². The molecule has 4 rings (SSSR count). The predicted molar refractivity (Wildman–Crippen MR) is 139 cm³/mol. The van der Waals surface area contributed by atoms with Gasteiger partial charge in [0, 0.05) is 43.0 Å². The second-order valence-electron chi connectivity index (χ2n) is 8.99. The maximum Gasteiger partial charge on any atom is 0.401 e. The summed E-state index contributed by atoms with van der Waals surface area (Å²) < 4.78 is 42.0. The molecule has 3 aromatic rings. The zero-order valence-electron chi connectivity index (χ0n) is 20.3. The van der Waals surface area contributed by atoms with E-state index < -0.39 is 24.9 Å². The van der Waals surface area contributed by atoms with E-state index in [1.54, 1.807) is 11.9 Å². The van der Waals surface area contributed by atoms with Gasteiger partial charge < -0.3 is 24.6 Å². The Balaban J connectivity index is 1.61. The summed E-state index contributed by atoms with van der Waals surface area (Å²) in [5, 5.41) is 17.0. The van der Waals surface area contributed by atoms with E-state index in [9.17, 15) is 23.1 Å². The molecule has 0 spiro atoms. The van der Waals surface area contributed by atoms with Crippen LogP contribution in [-0.2, 0) is 19.4 Å². The molecule has 0 fully saturated rings. The molecule has 1 aliphatic heterocycles. The highest BCUT2D eigenvalue weighted by Gasteiger charge is 2.29. The van der Waals surface area contributed by atoms with Gasteiger partial charge in [-0.25, -0.2) is 0 Å². The van der Waals surface area contributed by atoms with Gasteiger partial charge in [0.25, 0.3) is 5.91 Å². The van der Waals surface area contributed by atoms with Crippen molar-refractivity contribution in [3.8, 4) is 0 Å². The minimum absolute atomic E-state index is 0.280. The van der Waals surface area contributed by atoms with Crippen LogP contribution < -0.4 is 14.9 Å². The SMILES string of the molecule is CCn1cc2c3c(cc(C(=O)N[C@@H](Cc4ccccc4)[C@H](O)CNCC(F)(F)F)cc31)N(C)SCC2. The third-order valence-electron chi connectivity index (χ3n) is 6.40. The molecule has 2 atom stereocenters. The number of aryl methyl sites for hydroxylation is 2. The number of nitrogens with one attached hydrogen (secondary N) is 2. The Labute approximate surface area is 213 Å². The molecule has 36 heavy (non-hydrogen) atoms. The first-order chi connectivity index (χ1) is 17.2. The van der Waals surface area contributed by atoms with Gasteiger partial charge in [-0.2, -0.15) is 13.2 Å². The third-order valence-corrected chi connectivity index (χ3v) is 7.37. The van der Waals surface area contributed by atoms with Crippen molar-refractivity contribution in [2.45, 2.75) is 44.6 Å². The lowest BCUT2D eigenvalue weighted by Crippen LogP contribution is -2.49. The Hall–Kier alpha value is -2.69. The van der Waals surface area contributed by atoms with Crippen molar-refractivity contribution in [2.24, 2.45) is 0 Å². The van der Waals surface area contributed by atoms with E-state index >= 15 is 0 Å². The average molecular weight is 521 g/mol. The summed E-state index contributed by atoms with van der Waals surface area (Å²) in [5.41, 5.74) is 4.48. The molecule has 1 amide bonds. The van der Waals surface area contributed by atoms with Crippen LogP contribution in [0.15, 0.2) is 48.7 Å². The number of benzene rings is 2. The van der Waals surface area contributed by atoms with Crippen molar-refractivity contribution < 1.29 is 23.1 Å². The number of aromatic nitrogens is 1. The molecule has 194 valence electrons. The molecule has 2 aromatic carbocycles. The van der Waals surface area contributed by atoms with Crippen LogP contribution in [0.5, 0.6) is 0 Å². The fourth-order valence-corrected chi connectivity index (χ4v) is 5.46. The highest BCUT2D eigenvalue weighted by Crippen LogP contribution is 2.38. The van der Waals surface area contributed by atoms with Crippen molar-refractivity contribution in [1.29, 1.82) is 0 Å². The molecule has 1 aliphatic rings. The molecule has 6 nitrogen and oxygen atoms in total. The van der Waals surface area contributed by atoms with Crippen LogP contribution in [-0.4, -0.2) is 59.8 Å². The van der Waals surface area contributed by atoms with E-state index in [2.05, 4.69) is 32.6 Å². The third kappa shape index (κ3) is 6.16. The van der Waals surface area contributed by atoms with Crippen molar-refractivity contribution in [3.05, 3.63) is 65.4 Å². The number of halogens is 3. The second kappa shape index (κ2) is 11.1. The quantitative estimate of drug-likeness (QED) is 0.370. The Kier molecular flexibility index (Phi) is 8.17. The van der Waals surface area contributed by atoms with Gasteiger partial charge in [0.15, 0.2) is 0 Å². The van der Waals surface area contributed by atoms with Gasteiger partial charge in [-0.1, -0.05) is 30.3 Å². The van der Waals surface area contributed by atoms with Crippen LogP contribution in [0, 0.1) is 0 Å². The minimum Gasteiger partial charge on any atom is -0.390 e. The Morgan fingerprint density at radius 1 is 1.22 bits per heavy atom. The van der Waals surface area contributed by atoms with E-state index in [4.69, 9.17) is 0 Å². The fraction of sp³-hybridized carbons (Fsp3) is 0.423. The van der Waals surface area contributed by atoms with Crippen LogP contribution in [0.25, 0.3) is 10.9 Å². The lowest BCUT2D eigenvalue weighted by Gasteiger charge is -2.25. The molecule has 10 heteroatoms. The number of nitrogens with zero attached hydrogens (tertiary/aromatic N) is 2. The molecule has 0 aliphatic carbocycles. The first kappa shape index (κ1) is 26.4. The largest absolute Gasteiger partial charge is 0.401 e. The van der Waals surface area contributed by atoms with E-state index in [1.807, 2.05) is 49.5 Å². The molecule has 0 bridgehead atoms. The highest BCUT2D eigenvalue weighted by molar-refractivity contribution is 8.00. The summed E-state index contributed by atoms with van der Waals surface area (Å²) in [5.74, 6) is 0.559. The molecule has 0 unspecified atom stereocenters. The van der Waals surface area contributed by atoms with Crippen LogP contribution in [0.3, 0.4) is 0 Å². The summed E-state index contributed by atoms with van der Waals surface area (Å²) in [4.78, 5) is 13.5. The molecule has 0 saturated carbocycles. The number of anilines is 1. The number of aliphatic hydroxyl groups excluding tert-OH is 1. The van der Waals surface area contributed by atoms with Gasteiger partial charge >= 0.3 is 6.18 Å². The highest BCUT2D eigenvalue weighted by atomic mass is 32.2. The van der Waals surface area contributed by atoms with Crippen LogP contribution >= 0.6 is 11.9 Å². The number of hydrogen-bond acceptors (Lipinski definition) is 5. The number of hydrogen-bond donors (Lipinski definition) is 3.